The van der Waals surface area contributed by atoms with Crippen molar-refractivity contribution in [3.05, 3.63) is 59.7 Å². The van der Waals surface area contributed by atoms with Crippen LogP contribution >= 0.6 is 0 Å². The number of hydrogen-bond donors (Lipinski definition) is 1. The second-order valence-electron chi connectivity index (χ2n) is 3.64. The van der Waals surface area contributed by atoms with Gasteiger partial charge >= 0.3 is 0 Å². The van der Waals surface area contributed by atoms with Crippen molar-refractivity contribution < 1.29 is 4.39 Å². The van der Waals surface area contributed by atoms with Crippen molar-refractivity contribution in [1.82, 2.24) is 4.98 Å². The molecule has 0 atom stereocenters. The first-order valence-electron chi connectivity index (χ1n) is 5.19. The topological polar surface area (TPSA) is 51.3 Å². The van der Waals surface area contributed by atoms with E-state index in [2.05, 4.69) is 9.98 Å². The largest absolute Gasteiger partial charge is 0.382 e. The minimum absolute atomic E-state index is 0.295. The fraction of sp³-hybridized carbons (Fsp3) is 0.0769. The Hall–Kier alpha value is -2.23. The summed E-state index contributed by atoms with van der Waals surface area (Å²) in [7, 11) is 0. The van der Waals surface area contributed by atoms with E-state index in [1.165, 1.54) is 12.1 Å². The lowest BCUT2D eigenvalue weighted by atomic mass is 10.3. The van der Waals surface area contributed by atoms with Gasteiger partial charge in [0.2, 0.25) is 0 Å². The van der Waals surface area contributed by atoms with Crippen LogP contribution in [0, 0.1) is 12.7 Å². The number of nitrogens with two attached hydrogens (primary N) is 1. The molecule has 0 spiro atoms. The van der Waals surface area contributed by atoms with Gasteiger partial charge in [-0.05, 0) is 43.3 Å². The van der Waals surface area contributed by atoms with E-state index in [4.69, 9.17) is 5.73 Å². The predicted octanol–water partition coefficient (Wildman–Crippen LogP) is 2.57. The number of benzene rings is 1. The Morgan fingerprint density at radius 3 is 2.53 bits per heavy atom. The number of amidine groups is 1. The highest BCUT2D eigenvalue weighted by molar-refractivity contribution is 5.97. The third kappa shape index (κ3) is 2.87. The van der Waals surface area contributed by atoms with Crippen LogP contribution in [0.4, 0.5) is 10.1 Å². The molecular weight excluding hydrogens is 217 g/mol. The van der Waals surface area contributed by atoms with Crippen LogP contribution in [0.25, 0.3) is 0 Å². The highest BCUT2D eigenvalue weighted by Gasteiger charge is 2.00. The number of rotatable bonds is 2. The number of aliphatic imine (C=N–C) groups is 1. The molecule has 2 aromatic rings. The highest BCUT2D eigenvalue weighted by Crippen LogP contribution is 2.13. The summed E-state index contributed by atoms with van der Waals surface area (Å²) in [5.74, 6) is 0.0245. The van der Waals surface area contributed by atoms with Crippen molar-refractivity contribution in [2.45, 2.75) is 6.92 Å². The van der Waals surface area contributed by atoms with Crippen LogP contribution in [0.5, 0.6) is 0 Å². The van der Waals surface area contributed by atoms with Crippen LogP contribution in [0.2, 0.25) is 0 Å². The Labute approximate surface area is 98.8 Å². The van der Waals surface area contributed by atoms with E-state index >= 15 is 0 Å². The minimum Gasteiger partial charge on any atom is -0.382 e. The van der Waals surface area contributed by atoms with Gasteiger partial charge in [0.25, 0.3) is 0 Å². The Balaban J connectivity index is 2.30. The van der Waals surface area contributed by atoms with E-state index < -0.39 is 0 Å². The van der Waals surface area contributed by atoms with Gasteiger partial charge in [-0.3, -0.25) is 0 Å². The summed E-state index contributed by atoms with van der Waals surface area (Å²) in [5.41, 5.74) is 7.93. The molecule has 17 heavy (non-hydrogen) atoms. The lowest BCUT2D eigenvalue weighted by Crippen LogP contribution is -2.14. The average molecular weight is 229 g/mol. The van der Waals surface area contributed by atoms with Crippen LogP contribution in [0.1, 0.15) is 11.4 Å². The molecule has 0 radical (unpaired) electrons. The van der Waals surface area contributed by atoms with Gasteiger partial charge in [0.05, 0.1) is 5.69 Å². The molecule has 0 aliphatic carbocycles. The Bertz CT molecular complexity index is 547. The van der Waals surface area contributed by atoms with Gasteiger partial charge in [0.15, 0.2) is 0 Å². The molecule has 0 fully saturated rings. The quantitative estimate of drug-likeness (QED) is 0.635. The maximum absolute atomic E-state index is 12.7. The Kier molecular flexibility index (Phi) is 3.14. The lowest BCUT2D eigenvalue weighted by Gasteiger charge is -2.01. The monoisotopic (exact) mass is 229 g/mol. The average Bonchev–Trinajstić information content (AvgIpc) is 2.32. The molecule has 4 heteroatoms. The summed E-state index contributed by atoms with van der Waals surface area (Å²) in [6.45, 7) is 1.88. The van der Waals surface area contributed by atoms with Crippen LogP contribution in [-0.4, -0.2) is 10.8 Å². The molecule has 0 saturated carbocycles. The number of halogens is 1. The first-order chi connectivity index (χ1) is 8.15. The van der Waals surface area contributed by atoms with E-state index in [0.717, 1.165) is 5.69 Å². The maximum atomic E-state index is 12.7. The van der Waals surface area contributed by atoms with Crippen molar-refractivity contribution in [2.24, 2.45) is 10.7 Å². The Morgan fingerprint density at radius 2 is 1.88 bits per heavy atom. The smallest absolute Gasteiger partial charge is 0.150 e. The molecule has 3 nitrogen and oxygen atoms in total. The standard InChI is InChI=1S/C13H12FN3/c1-9-3-2-4-12(16-9)13(15)17-11-7-5-10(14)6-8-11/h2-8H,1H3,(H2,15,17). The fourth-order valence-corrected chi connectivity index (χ4v) is 1.40. The molecule has 0 aliphatic heterocycles. The van der Waals surface area contributed by atoms with Crippen LogP contribution in [0.3, 0.4) is 0 Å². The van der Waals surface area contributed by atoms with Gasteiger partial charge in [-0.25, -0.2) is 14.4 Å². The van der Waals surface area contributed by atoms with Gasteiger partial charge in [-0.15, -0.1) is 0 Å². The SMILES string of the molecule is Cc1cccc(C(N)=Nc2ccc(F)cc2)n1. The third-order valence-electron chi connectivity index (χ3n) is 2.23. The maximum Gasteiger partial charge on any atom is 0.150 e. The van der Waals surface area contributed by atoms with Crippen molar-refractivity contribution >= 4 is 11.5 Å². The van der Waals surface area contributed by atoms with Gasteiger partial charge in [-0.1, -0.05) is 6.07 Å². The second kappa shape index (κ2) is 4.74. The van der Waals surface area contributed by atoms with E-state index in [9.17, 15) is 4.39 Å². The number of aromatic nitrogens is 1. The summed E-state index contributed by atoms with van der Waals surface area (Å²) in [6.07, 6.45) is 0. The van der Waals surface area contributed by atoms with Crippen molar-refractivity contribution in [3.8, 4) is 0 Å². The molecule has 0 bridgehead atoms. The third-order valence-corrected chi connectivity index (χ3v) is 2.23. The van der Waals surface area contributed by atoms with Crippen LogP contribution in [0.15, 0.2) is 47.5 Å². The minimum atomic E-state index is -0.295. The van der Waals surface area contributed by atoms with E-state index in [1.54, 1.807) is 18.2 Å². The normalized spacial score (nSPS) is 11.5. The first-order valence-corrected chi connectivity index (χ1v) is 5.19. The lowest BCUT2D eigenvalue weighted by molar-refractivity contribution is 0.628. The molecule has 2 N–H and O–H groups in total. The molecule has 1 aromatic carbocycles. The Morgan fingerprint density at radius 1 is 1.18 bits per heavy atom. The van der Waals surface area contributed by atoms with Crippen molar-refractivity contribution in [1.29, 1.82) is 0 Å². The zero-order valence-corrected chi connectivity index (χ0v) is 9.39. The summed E-state index contributed by atoms with van der Waals surface area (Å²) >= 11 is 0. The second-order valence-corrected chi connectivity index (χ2v) is 3.64. The van der Waals surface area contributed by atoms with Gasteiger partial charge in [0.1, 0.15) is 17.3 Å². The van der Waals surface area contributed by atoms with Crippen LogP contribution in [-0.2, 0) is 0 Å². The number of hydrogen-bond acceptors (Lipinski definition) is 2. The van der Waals surface area contributed by atoms with E-state index in [-0.39, 0.29) is 5.82 Å². The fourth-order valence-electron chi connectivity index (χ4n) is 1.40. The zero-order valence-electron chi connectivity index (χ0n) is 9.39. The molecule has 0 aliphatic rings. The van der Waals surface area contributed by atoms with Crippen molar-refractivity contribution in [2.75, 3.05) is 0 Å². The van der Waals surface area contributed by atoms with Crippen molar-refractivity contribution in [3.63, 3.8) is 0 Å². The first kappa shape index (κ1) is 11.3. The molecule has 86 valence electrons. The number of nitrogens with zero attached hydrogens (tertiary/aromatic N) is 2. The molecular formula is C13H12FN3. The van der Waals surface area contributed by atoms with Crippen LogP contribution < -0.4 is 5.73 Å². The molecule has 0 unspecified atom stereocenters. The highest BCUT2D eigenvalue weighted by atomic mass is 19.1. The number of pyridine rings is 1. The predicted molar refractivity (Wildman–Crippen MR) is 65.8 cm³/mol. The molecule has 1 aromatic heterocycles. The summed E-state index contributed by atoms with van der Waals surface area (Å²) in [6, 6.07) is 11.4. The molecule has 0 amide bonds. The molecule has 2 rings (SSSR count). The summed E-state index contributed by atoms with van der Waals surface area (Å²) in [5, 5.41) is 0. The number of aryl methyl sites for hydroxylation is 1. The summed E-state index contributed by atoms with van der Waals surface area (Å²) < 4.78 is 12.7. The van der Waals surface area contributed by atoms with Gasteiger partial charge < -0.3 is 5.73 Å². The molecule has 0 saturated heterocycles. The zero-order chi connectivity index (χ0) is 12.3. The van der Waals surface area contributed by atoms with E-state index in [1.807, 2.05) is 19.1 Å². The van der Waals surface area contributed by atoms with Gasteiger partial charge in [-0.2, -0.15) is 0 Å². The van der Waals surface area contributed by atoms with E-state index in [0.29, 0.717) is 17.2 Å². The summed E-state index contributed by atoms with van der Waals surface area (Å²) in [4.78, 5) is 8.43. The molecule has 1 heterocycles. The van der Waals surface area contributed by atoms with Gasteiger partial charge in [0, 0.05) is 5.69 Å².